The van der Waals surface area contributed by atoms with E-state index >= 15 is 0 Å². The van der Waals surface area contributed by atoms with Crippen LogP contribution in [0.15, 0.2) is 22.7 Å². The Morgan fingerprint density at radius 3 is 2.81 bits per heavy atom. The molecule has 4 nitrogen and oxygen atoms in total. The molecular weight excluding hydrogens is 406 g/mol. The number of carbonyl (C=O) groups excluding carboxylic acids is 1. The molecule has 3 rings (SSSR count). The third-order valence-electron chi connectivity index (χ3n) is 6.38. The average Bonchev–Trinajstić information content (AvgIpc) is 3.04. The van der Waals surface area contributed by atoms with Crippen molar-refractivity contribution in [1.29, 1.82) is 0 Å². The third-order valence-corrected chi connectivity index (χ3v) is 7.24. The molecule has 0 aromatic heterocycles. The Morgan fingerprint density at radius 2 is 2.07 bits per heavy atom. The first kappa shape index (κ1) is 20.7. The lowest BCUT2D eigenvalue weighted by atomic mass is 9.76. The van der Waals surface area contributed by atoms with Crippen LogP contribution in [0.25, 0.3) is 0 Å². The van der Waals surface area contributed by atoms with E-state index in [1.807, 2.05) is 13.0 Å². The molecule has 1 aliphatic heterocycles. The maximum absolute atomic E-state index is 11.7. The summed E-state index contributed by atoms with van der Waals surface area (Å²) in [5.74, 6) is 1.68. The van der Waals surface area contributed by atoms with E-state index in [4.69, 9.17) is 9.47 Å². The Labute approximate surface area is 171 Å². The van der Waals surface area contributed by atoms with Crippen molar-refractivity contribution < 1.29 is 14.3 Å². The fourth-order valence-electron chi connectivity index (χ4n) is 4.68. The predicted octanol–water partition coefficient (Wildman–Crippen LogP) is 4.97. The molecule has 0 amide bonds. The molecule has 27 heavy (non-hydrogen) atoms. The summed E-state index contributed by atoms with van der Waals surface area (Å²) in [5.41, 5.74) is 1.68. The lowest BCUT2D eigenvalue weighted by Gasteiger charge is -2.39. The average molecular weight is 438 g/mol. The highest BCUT2D eigenvalue weighted by Gasteiger charge is 2.41. The van der Waals surface area contributed by atoms with Crippen LogP contribution in [0.3, 0.4) is 0 Å². The minimum atomic E-state index is -0.0854. The summed E-state index contributed by atoms with van der Waals surface area (Å²) in [6, 6.07) is 6.13. The van der Waals surface area contributed by atoms with Crippen molar-refractivity contribution in [3.05, 3.63) is 28.2 Å². The maximum Gasteiger partial charge on any atom is 0.320 e. The Balaban J connectivity index is 1.40. The van der Waals surface area contributed by atoms with Gasteiger partial charge in [0.2, 0.25) is 0 Å². The van der Waals surface area contributed by atoms with Crippen LogP contribution in [-0.4, -0.2) is 43.7 Å². The van der Waals surface area contributed by atoms with E-state index < -0.39 is 0 Å². The van der Waals surface area contributed by atoms with E-state index in [1.54, 1.807) is 0 Å². The molecule has 1 aromatic rings. The first-order valence-electron chi connectivity index (χ1n) is 10.3. The molecule has 1 spiro atoms. The van der Waals surface area contributed by atoms with Gasteiger partial charge in [-0.05, 0) is 88.9 Å². The van der Waals surface area contributed by atoms with Gasteiger partial charge in [0.15, 0.2) is 0 Å². The second-order valence-corrected chi connectivity index (χ2v) is 9.04. The number of ether oxygens (including phenoxy) is 2. The van der Waals surface area contributed by atoms with E-state index in [9.17, 15) is 4.79 Å². The summed E-state index contributed by atoms with van der Waals surface area (Å²) in [7, 11) is 0. The zero-order valence-corrected chi connectivity index (χ0v) is 18.2. The summed E-state index contributed by atoms with van der Waals surface area (Å²) in [5, 5.41) is 0. The SMILES string of the molecule is CCOC(=O)CN1CCC2(CC[C@H](CCOc3cccc(Br)c3C)C2)CC1. The maximum atomic E-state index is 11.7. The summed E-state index contributed by atoms with van der Waals surface area (Å²) in [6.45, 7) is 7.73. The first-order valence-corrected chi connectivity index (χ1v) is 11.1. The Morgan fingerprint density at radius 1 is 1.30 bits per heavy atom. The molecule has 1 aromatic carbocycles. The summed E-state index contributed by atoms with van der Waals surface area (Å²) in [6.07, 6.45) is 7.55. The molecular formula is C22H32BrNO3. The van der Waals surface area contributed by atoms with Gasteiger partial charge in [-0.2, -0.15) is 0 Å². The van der Waals surface area contributed by atoms with E-state index in [2.05, 4.69) is 39.9 Å². The lowest BCUT2D eigenvalue weighted by molar-refractivity contribution is -0.145. The molecule has 5 heteroatoms. The molecule has 2 aliphatic rings. The minimum absolute atomic E-state index is 0.0854. The number of benzene rings is 1. The highest BCUT2D eigenvalue weighted by atomic mass is 79.9. The molecule has 0 unspecified atom stereocenters. The molecule has 150 valence electrons. The number of esters is 1. The minimum Gasteiger partial charge on any atom is -0.493 e. The van der Waals surface area contributed by atoms with Crippen LogP contribution < -0.4 is 4.74 Å². The second-order valence-electron chi connectivity index (χ2n) is 8.19. The fourth-order valence-corrected chi connectivity index (χ4v) is 5.03. The largest absolute Gasteiger partial charge is 0.493 e. The van der Waals surface area contributed by atoms with Crippen molar-refractivity contribution in [2.24, 2.45) is 11.3 Å². The molecule has 1 aliphatic carbocycles. The van der Waals surface area contributed by atoms with Gasteiger partial charge in [0.25, 0.3) is 0 Å². The van der Waals surface area contributed by atoms with Crippen LogP contribution in [0.5, 0.6) is 5.75 Å². The van der Waals surface area contributed by atoms with Gasteiger partial charge in [0, 0.05) is 10.0 Å². The molecule has 0 radical (unpaired) electrons. The fraction of sp³-hybridized carbons (Fsp3) is 0.682. The number of rotatable bonds is 7. The van der Waals surface area contributed by atoms with E-state index in [-0.39, 0.29) is 5.97 Å². The van der Waals surface area contributed by atoms with Crippen LogP contribution >= 0.6 is 15.9 Å². The van der Waals surface area contributed by atoms with Crippen LogP contribution in [0.2, 0.25) is 0 Å². The van der Waals surface area contributed by atoms with Gasteiger partial charge >= 0.3 is 5.97 Å². The number of nitrogens with zero attached hydrogens (tertiary/aromatic N) is 1. The quantitative estimate of drug-likeness (QED) is 0.564. The number of halogens is 1. The van der Waals surface area contributed by atoms with Crippen molar-refractivity contribution in [1.82, 2.24) is 4.90 Å². The Hall–Kier alpha value is -1.07. The van der Waals surface area contributed by atoms with Crippen molar-refractivity contribution in [2.75, 3.05) is 32.8 Å². The summed E-state index contributed by atoms with van der Waals surface area (Å²) in [4.78, 5) is 13.9. The van der Waals surface area contributed by atoms with E-state index in [0.29, 0.717) is 18.6 Å². The topological polar surface area (TPSA) is 38.8 Å². The molecule has 1 heterocycles. The molecule has 1 saturated carbocycles. The highest BCUT2D eigenvalue weighted by molar-refractivity contribution is 9.10. The number of piperidine rings is 1. The van der Waals surface area contributed by atoms with Crippen LogP contribution in [-0.2, 0) is 9.53 Å². The van der Waals surface area contributed by atoms with Crippen molar-refractivity contribution >= 4 is 21.9 Å². The van der Waals surface area contributed by atoms with Crippen LogP contribution in [0, 0.1) is 18.3 Å². The molecule has 2 fully saturated rings. The second kappa shape index (κ2) is 9.42. The zero-order chi connectivity index (χ0) is 19.3. The molecule has 0 bridgehead atoms. The number of likely N-dealkylation sites (tertiary alicyclic amines) is 1. The van der Waals surface area contributed by atoms with Crippen molar-refractivity contribution in [3.8, 4) is 5.75 Å². The van der Waals surface area contributed by atoms with Gasteiger partial charge in [0.1, 0.15) is 5.75 Å². The molecule has 1 atom stereocenters. The highest BCUT2D eigenvalue weighted by Crippen LogP contribution is 2.49. The number of hydrogen-bond donors (Lipinski definition) is 0. The standard InChI is InChI=1S/C22H32BrNO3/c1-3-26-21(25)16-24-12-10-22(11-13-24)9-7-18(15-22)8-14-27-20-6-4-5-19(23)17(20)2/h4-6,18H,3,7-16H2,1-2H3/t18-/m1/s1. The molecule has 1 saturated heterocycles. The van der Waals surface area contributed by atoms with Gasteiger partial charge in [0.05, 0.1) is 19.8 Å². The van der Waals surface area contributed by atoms with Crippen molar-refractivity contribution in [2.45, 2.75) is 52.4 Å². The summed E-state index contributed by atoms with van der Waals surface area (Å²) < 4.78 is 12.2. The Kier molecular flexibility index (Phi) is 7.21. The predicted molar refractivity (Wildman–Crippen MR) is 111 cm³/mol. The lowest BCUT2D eigenvalue weighted by Crippen LogP contribution is -2.41. The van der Waals surface area contributed by atoms with Crippen LogP contribution in [0.4, 0.5) is 0 Å². The van der Waals surface area contributed by atoms with Crippen molar-refractivity contribution in [3.63, 3.8) is 0 Å². The monoisotopic (exact) mass is 437 g/mol. The Bertz CT molecular complexity index is 640. The van der Waals surface area contributed by atoms with Gasteiger partial charge in [-0.1, -0.05) is 22.0 Å². The summed E-state index contributed by atoms with van der Waals surface area (Å²) >= 11 is 3.57. The molecule has 0 N–H and O–H groups in total. The smallest absolute Gasteiger partial charge is 0.320 e. The first-order chi connectivity index (χ1) is 13.0. The van der Waals surface area contributed by atoms with Gasteiger partial charge in [-0.3, -0.25) is 9.69 Å². The zero-order valence-electron chi connectivity index (χ0n) is 16.6. The van der Waals surface area contributed by atoms with Gasteiger partial charge in [-0.25, -0.2) is 0 Å². The van der Waals surface area contributed by atoms with E-state index in [0.717, 1.165) is 42.3 Å². The van der Waals surface area contributed by atoms with E-state index in [1.165, 1.54) is 37.7 Å². The van der Waals surface area contributed by atoms with Crippen LogP contribution in [0.1, 0.15) is 51.0 Å². The normalized spacial score (nSPS) is 22.1. The number of hydrogen-bond acceptors (Lipinski definition) is 4. The third kappa shape index (κ3) is 5.47. The number of carbonyl (C=O) groups is 1. The van der Waals surface area contributed by atoms with Gasteiger partial charge < -0.3 is 9.47 Å². The van der Waals surface area contributed by atoms with Gasteiger partial charge in [-0.15, -0.1) is 0 Å².